The summed E-state index contributed by atoms with van der Waals surface area (Å²) < 4.78 is 2.07. The van der Waals surface area contributed by atoms with Crippen LogP contribution in [0.15, 0.2) is 60.4 Å². The van der Waals surface area contributed by atoms with E-state index >= 15 is 0 Å². The summed E-state index contributed by atoms with van der Waals surface area (Å²) in [5.41, 5.74) is 3.47. The molecule has 7 nitrogen and oxygen atoms in total. The predicted molar refractivity (Wildman–Crippen MR) is 115 cm³/mol. The molecule has 0 saturated carbocycles. The van der Waals surface area contributed by atoms with E-state index in [9.17, 15) is 14.9 Å². The Hall–Kier alpha value is -3.52. The molecule has 2 aromatic carbocycles. The third-order valence-corrected chi connectivity index (χ3v) is 5.62. The number of carbonyl (C=O) groups is 1. The summed E-state index contributed by atoms with van der Waals surface area (Å²) in [7, 11) is 3.45. The maximum Gasteiger partial charge on any atom is 0.276 e. The van der Waals surface area contributed by atoms with E-state index in [0.717, 1.165) is 22.0 Å². The summed E-state index contributed by atoms with van der Waals surface area (Å²) in [5.74, 6) is -0.135. The summed E-state index contributed by atoms with van der Waals surface area (Å²) in [6.07, 6.45) is 3.84. The zero-order valence-corrected chi connectivity index (χ0v) is 16.7. The number of hydrogen-bond donors (Lipinski definition) is 0. The first-order valence-corrected chi connectivity index (χ1v) is 9.36. The lowest BCUT2D eigenvalue weighted by Gasteiger charge is -2.10. The van der Waals surface area contributed by atoms with Gasteiger partial charge in [0.05, 0.1) is 4.92 Å². The molecule has 8 heteroatoms. The highest BCUT2D eigenvalue weighted by Gasteiger charge is 2.32. The molecular formula is C21H18N4O3S. The van der Waals surface area contributed by atoms with Crippen LogP contribution in [0.4, 0.5) is 5.69 Å². The summed E-state index contributed by atoms with van der Waals surface area (Å²) in [6, 6.07) is 14.5. The second kappa shape index (κ2) is 7.14. The number of aromatic nitrogens is 1. The van der Waals surface area contributed by atoms with Gasteiger partial charge in [0.25, 0.3) is 11.6 Å². The summed E-state index contributed by atoms with van der Waals surface area (Å²) in [5, 5.41) is 12.3. The van der Waals surface area contributed by atoms with Crippen LogP contribution in [0.25, 0.3) is 17.0 Å². The van der Waals surface area contributed by atoms with Gasteiger partial charge in [0.2, 0.25) is 0 Å². The first-order chi connectivity index (χ1) is 13.9. The van der Waals surface area contributed by atoms with E-state index in [2.05, 4.69) is 4.57 Å². The van der Waals surface area contributed by atoms with Crippen molar-refractivity contribution in [3.63, 3.8) is 0 Å². The molecule has 1 saturated heterocycles. The molecule has 0 N–H and O–H groups in total. The molecule has 0 radical (unpaired) electrons. The molecule has 29 heavy (non-hydrogen) atoms. The number of para-hydroxylation sites is 1. The first-order valence-electron chi connectivity index (χ1n) is 8.95. The second-order valence-electron chi connectivity index (χ2n) is 6.89. The zero-order valence-electron chi connectivity index (χ0n) is 15.9. The number of benzene rings is 2. The van der Waals surface area contributed by atoms with E-state index in [4.69, 9.17) is 12.2 Å². The van der Waals surface area contributed by atoms with E-state index in [1.54, 1.807) is 31.1 Å². The fourth-order valence-corrected chi connectivity index (χ4v) is 3.66. The molecule has 0 spiro atoms. The molecule has 4 rings (SSSR count). The number of amides is 1. The molecule has 3 aromatic rings. The van der Waals surface area contributed by atoms with Gasteiger partial charge in [0.15, 0.2) is 5.11 Å². The minimum atomic E-state index is -0.407. The van der Waals surface area contributed by atoms with Crippen LogP contribution in [0.3, 0.4) is 0 Å². The van der Waals surface area contributed by atoms with E-state index in [1.165, 1.54) is 17.0 Å². The number of thiocarbonyl (C=S) groups is 1. The van der Waals surface area contributed by atoms with Gasteiger partial charge in [-0.05, 0) is 29.9 Å². The quantitative estimate of drug-likeness (QED) is 0.286. The lowest BCUT2D eigenvalue weighted by atomic mass is 10.1. The van der Waals surface area contributed by atoms with Crippen molar-refractivity contribution in [1.29, 1.82) is 0 Å². The van der Waals surface area contributed by atoms with Crippen LogP contribution in [-0.2, 0) is 11.3 Å². The standard InChI is InChI=1S/C21H18N4O3S/c1-22-19(20(26)23(2)21(22)29)11-15-13-24(18-6-4-3-5-17(15)18)12-14-7-9-16(10-8-14)25(27)28/h3-11,13H,12H2,1-2H3/b19-11-. The number of likely N-dealkylation sites (N-methyl/N-ethyl adjacent to an activating group) is 2. The molecule has 1 fully saturated rings. The number of carbonyl (C=O) groups excluding carboxylic acids is 1. The monoisotopic (exact) mass is 406 g/mol. The lowest BCUT2D eigenvalue weighted by molar-refractivity contribution is -0.384. The molecule has 0 unspecified atom stereocenters. The Labute approximate surface area is 172 Å². The van der Waals surface area contributed by atoms with Crippen molar-refractivity contribution in [2.24, 2.45) is 0 Å². The molecular weight excluding hydrogens is 388 g/mol. The number of nitro groups is 1. The minimum absolute atomic E-state index is 0.0689. The molecule has 0 bridgehead atoms. The van der Waals surface area contributed by atoms with Crippen LogP contribution in [-0.4, -0.2) is 44.4 Å². The van der Waals surface area contributed by atoms with E-state index in [0.29, 0.717) is 17.4 Å². The molecule has 1 aliphatic rings. The first kappa shape index (κ1) is 18.8. The smallest absolute Gasteiger partial charge is 0.276 e. The minimum Gasteiger partial charge on any atom is -0.342 e. The number of nitrogens with zero attached hydrogens (tertiary/aromatic N) is 4. The van der Waals surface area contributed by atoms with E-state index in [-0.39, 0.29) is 11.6 Å². The topological polar surface area (TPSA) is 71.6 Å². The van der Waals surface area contributed by atoms with Crippen molar-refractivity contribution in [2.45, 2.75) is 6.54 Å². The second-order valence-corrected chi connectivity index (χ2v) is 7.25. The number of non-ortho nitro benzene ring substituents is 1. The Balaban J connectivity index is 1.74. The zero-order chi connectivity index (χ0) is 20.7. The van der Waals surface area contributed by atoms with E-state index < -0.39 is 4.92 Å². The summed E-state index contributed by atoms with van der Waals surface area (Å²) in [4.78, 5) is 26.1. The highest BCUT2D eigenvalue weighted by atomic mass is 32.1. The fraction of sp³-hybridized carbons (Fsp3) is 0.143. The van der Waals surface area contributed by atoms with Crippen LogP contribution in [0, 0.1) is 10.1 Å². The Morgan fingerprint density at radius 2 is 1.76 bits per heavy atom. The van der Waals surface area contributed by atoms with Crippen molar-refractivity contribution in [2.75, 3.05) is 14.1 Å². The van der Waals surface area contributed by atoms with Crippen molar-refractivity contribution in [3.05, 3.63) is 81.7 Å². The van der Waals surface area contributed by atoms with Crippen molar-refractivity contribution in [3.8, 4) is 0 Å². The predicted octanol–water partition coefficient (Wildman–Crippen LogP) is 3.63. The molecule has 1 aliphatic heterocycles. The Morgan fingerprint density at radius 1 is 1.07 bits per heavy atom. The Kier molecular flexibility index (Phi) is 4.63. The molecule has 0 aliphatic carbocycles. The number of hydrogen-bond acceptors (Lipinski definition) is 4. The van der Waals surface area contributed by atoms with Crippen molar-refractivity contribution in [1.82, 2.24) is 14.4 Å². The third kappa shape index (κ3) is 3.27. The van der Waals surface area contributed by atoms with Crippen molar-refractivity contribution >= 4 is 45.9 Å². The molecule has 0 atom stereocenters. The highest BCUT2D eigenvalue weighted by molar-refractivity contribution is 7.80. The van der Waals surface area contributed by atoms with Gasteiger partial charge in [-0.1, -0.05) is 30.3 Å². The van der Waals surface area contributed by atoms with Gasteiger partial charge in [0, 0.05) is 55.4 Å². The Bertz CT molecular complexity index is 1180. The van der Waals surface area contributed by atoms with Gasteiger partial charge in [0.1, 0.15) is 5.70 Å². The highest BCUT2D eigenvalue weighted by Crippen LogP contribution is 2.27. The van der Waals surface area contributed by atoms with Crippen LogP contribution < -0.4 is 0 Å². The largest absolute Gasteiger partial charge is 0.342 e. The fourth-order valence-electron chi connectivity index (χ4n) is 3.48. The van der Waals surface area contributed by atoms with E-state index in [1.807, 2.05) is 36.5 Å². The number of fused-ring (bicyclic) bond motifs is 1. The summed E-state index contributed by atoms with van der Waals surface area (Å²) >= 11 is 5.29. The van der Waals surface area contributed by atoms with Gasteiger partial charge >= 0.3 is 0 Å². The SMILES string of the molecule is CN1C(=O)/C(=C/c2cn(Cc3ccc([N+](=O)[O-])cc3)c3ccccc23)N(C)C1=S. The number of rotatable bonds is 4. The van der Waals surface area contributed by atoms with Crippen molar-refractivity contribution < 1.29 is 9.72 Å². The van der Waals surface area contributed by atoms with Crippen LogP contribution in [0.1, 0.15) is 11.1 Å². The van der Waals surface area contributed by atoms with Gasteiger partial charge in [-0.3, -0.25) is 19.8 Å². The molecule has 2 heterocycles. The van der Waals surface area contributed by atoms with Gasteiger partial charge in [-0.25, -0.2) is 0 Å². The maximum atomic E-state index is 12.5. The normalized spacial score (nSPS) is 15.7. The average molecular weight is 406 g/mol. The van der Waals surface area contributed by atoms with Gasteiger partial charge < -0.3 is 9.47 Å². The molecule has 146 valence electrons. The average Bonchev–Trinajstić information content (AvgIpc) is 3.15. The molecule has 1 amide bonds. The maximum absolute atomic E-state index is 12.5. The Morgan fingerprint density at radius 3 is 2.38 bits per heavy atom. The van der Waals surface area contributed by atoms with Gasteiger partial charge in [-0.2, -0.15) is 0 Å². The van der Waals surface area contributed by atoms with Gasteiger partial charge in [-0.15, -0.1) is 0 Å². The third-order valence-electron chi connectivity index (χ3n) is 5.07. The summed E-state index contributed by atoms with van der Waals surface area (Å²) in [6.45, 7) is 0.559. The molecule has 1 aromatic heterocycles. The lowest BCUT2D eigenvalue weighted by Crippen LogP contribution is -2.26. The van der Waals surface area contributed by atoms with Crippen LogP contribution >= 0.6 is 12.2 Å². The van der Waals surface area contributed by atoms with Crippen LogP contribution in [0.5, 0.6) is 0 Å². The number of nitro benzene ring substituents is 1. The van der Waals surface area contributed by atoms with Crippen LogP contribution in [0.2, 0.25) is 0 Å².